The maximum atomic E-state index is 6.04. The molecule has 0 aliphatic carbocycles. The molecule has 4 heteroatoms. The molecular weight excluding hydrogens is 312 g/mol. The molecule has 0 heterocycles. The van der Waals surface area contributed by atoms with Crippen LogP contribution >= 0.6 is 27.5 Å². The maximum Gasteiger partial charge on any atom is 0.0748 e. The van der Waals surface area contributed by atoms with Crippen LogP contribution in [0.4, 0.5) is 5.69 Å². The van der Waals surface area contributed by atoms with Crippen LogP contribution in [-0.2, 0) is 0 Å². The molecule has 0 bridgehead atoms. The third-order valence-corrected chi connectivity index (χ3v) is 3.28. The molecule has 1 N–H and O–H groups in total. The van der Waals surface area contributed by atoms with Crippen molar-refractivity contribution in [2.24, 2.45) is 5.10 Å². The van der Waals surface area contributed by atoms with Crippen LogP contribution < -0.4 is 5.43 Å². The molecule has 92 valence electrons. The van der Waals surface area contributed by atoms with Gasteiger partial charge in [-0.25, -0.2) is 0 Å². The molecule has 18 heavy (non-hydrogen) atoms. The van der Waals surface area contributed by atoms with Gasteiger partial charge in [0.1, 0.15) is 0 Å². The molecule has 0 unspecified atom stereocenters. The summed E-state index contributed by atoms with van der Waals surface area (Å²) in [6.45, 7) is 1.95. The van der Waals surface area contributed by atoms with Gasteiger partial charge in [-0.2, -0.15) is 5.10 Å². The number of nitrogens with one attached hydrogen (secondary N) is 1. The number of benzene rings is 2. The SMILES string of the molecule is CC(=NNc1ccccc1Cl)c1cccc(Br)c1. The molecule has 0 amide bonds. The van der Waals surface area contributed by atoms with Crippen molar-refractivity contribution >= 4 is 38.9 Å². The average molecular weight is 324 g/mol. The molecule has 0 atom stereocenters. The van der Waals surface area contributed by atoms with Gasteiger partial charge < -0.3 is 0 Å². The van der Waals surface area contributed by atoms with Gasteiger partial charge in [-0.05, 0) is 36.8 Å². The molecule has 0 aliphatic rings. The van der Waals surface area contributed by atoms with Crippen LogP contribution in [0.2, 0.25) is 5.02 Å². The molecule has 2 aromatic rings. The van der Waals surface area contributed by atoms with Crippen molar-refractivity contribution in [1.29, 1.82) is 0 Å². The number of para-hydroxylation sites is 1. The van der Waals surface area contributed by atoms with E-state index in [0.29, 0.717) is 5.02 Å². The lowest BCUT2D eigenvalue weighted by molar-refractivity contribution is 1.32. The van der Waals surface area contributed by atoms with Crippen LogP contribution in [0.5, 0.6) is 0 Å². The Morgan fingerprint density at radius 3 is 2.67 bits per heavy atom. The monoisotopic (exact) mass is 322 g/mol. The fourth-order valence-corrected chi connectivity index (χ4v) is 2.05. The second kappa shape index (κ2) is 6.03. The zero-order valence-electron chi connectivity index (χ0n) is 9.82. The summed E-state index contributed by atoms with van der Waals surface area (Å²) in [4.78, 5) is 0. The fraction of sp³-hybridized carbons (Fsp3) is 0.0714. The Balaban J connectivity index is 2.17. The summed E-state index contributed by atoms with van der Waals surface area (Å²) in [5, 5.41) is 4.98. The van der Waals surface area contributed by atoms with Gasteiger partial charge in [-0.15, -0.1) is 0 Å². The number of hydrazone groups is 1. The Morgan fingerprint density at radius 1 is 1.17 bits per heavy atom. The molecule has 0 radical (unpaired) electrons. The van der Waals surface area contributed by atoms with Gasteiger partial charge in [0.2, 0.25) is 0 Å². The van der Waals surface area contributed by atoms with Crippen molar-refractivity contribution in [3.05, 3.63) is 63.6 Å². The molecule has 2 nitrogen and oxygen atoms in total. The number of halogens is 2. The lowest BCUT2D eigenvalue weighted by Crippen LogP contribution is -1.99. The van der Waals surface area contributed by atoms with Crippen LogP contribution in [0.3, 0.4) is 0 Å². The van der Waals surface area contributed by atoms with E-state index in [1.165, 1.54) is 0 Å². The lowest BCUT2D eigenvalue weighted by atomic mass is 10.1. The van der Waals surface area contributed by atoms with Gasteiger partial charge in [-0.3, -0.25) is 5.43 Å². The molecule has 2 rings (SSSR count). The van der Waals surface area contributed by atoms with E-state index in [1.807, 2.05) is 55.5 Å². The fourth-order valence-electron chi connectivity index (χ4n) is 1.47. The summed E-state index contributed by atoms with van der Waals surface area (Å²) in [6.07, 6.45) is 0. The molecule has 0 fully saturated rings. The summed E-state index contributed by atoms with van der Waals surface area (Å²) in [6, 6.07) is 15.5. The Kier molecular flexibility index (Phi) is 4.39. The van der Waals surface area contributed by atoms with Crippen molar-refractivity contribution in [1.82, 2.24) is 0 Å². The molecule has 0 aliphatic heterocycles. The highest BCUT2D eigenvalue weighted by Gasteiger charge is 1.99. The van der Waals surface area contributed by atoms with Gasteiger partial charge in [0.25, 0.3) is 0 Å². The van der Waals surface area contributed by atoms with E-state index in [9.17, 15) is 0 Å². The van der Waals surface area contributed by atoms with Crippen LogP contribution in [0.15, 0.2) is 58.1 Å². The second-order valence-electron chi connectivity index (χ2n) is 3.80. The quantitative estimate of drug-likeness (QED) is 0.628. The van der Waals surface area contributed by atoms with Gasteiger partial charge >= 0.3 is 0 Å². The van der Waals surface area contributed by atoms with Crippen LogP contribution in [0, 0.1) is 0 Å². The highest BCUT2D eigenvalue weighted by atomic mass is 79.9. The first-order valence-corrected chi connectivity index (χ1v) is 6.64. The highest BCUT2D eigenvalue weighted by molar-refractivity contribution is 9.10. The Morgan fingerprint density at radius 2 is 1.94 bits per heavy atom. The first-order valence-electron chi connectivity index (χ1n) is 5.47. The number of rotatable bonds is 3. The van der Waals surface area contributed by atoms with E-state index >= 15 is 0 Å². The average Bonchev–Trinajstić information content (AvgIpc) is 2.37. The smallest absolute Gasteiger partial charge is 0.0748 e. The molecular formula is C14H12BrClN2. The molecule has 0 saturated carbocycles. The number of nitrogens with zero attached hydrogens (tertiary/aromatic N) is 1. The van der Waals surface area contributed by atoms with Crippen molar-refractivity contribution < 1.29 is 0 Å². The number of hydrogen-bond acceptors (Lipinski definition) is 2. The van der Waals surface area contributed by atoms with Crippen LogP contribution in [-0.4, -0.2) is 5.71 Å². The molecule has 0 spiro atoms. The van der Waals surface area contributed by atoms with E-state index in [-0.39, 0.29) is 0 Å². The normalized spacial score (nSPS) is 11.4. The summed E-state index contributed by atoms with van der Waals surface area (Å²) < 4.78 is 1.03. The molecule has 0 aromatic heterocycles. The van der Waals surface area contributed by atoms with Gasteiger partial charge in [-0.1, -0.05) is 51.8 Å². The summed E-state index contributed by atoms with van der Waals surface area (Å²) in [5.74, 6) is 0. The predicted molar refractivity (Wildman–Crippen MR) is 81.4 cm³/mol. The number of anilines is 1. The van der Waals surface area contributed by atoms with E-state index < -0.39 is 0 Å². The second-order valence-corrected chi connectivity index (χ2v) is 5.12. The molecule has 2 aromatic carbocycles. The topological polar surface area (TPSA) is 24.4 Å². The van der Waals surface area contributed by atoms with Crippen LogP contribution in [0.1, 0.15) is 12.5 Å². The van der Waals surface area contributed by atoms with Crippen molar-refractivity contribution in [3.8, 4) is 0 Å². The van der Waals surface area contributed by atoms with Crippen molar-refractivity contribution in [2.75, 3.05) is 5.43 Å². The Bertz CT molecular complexity index is 582. The van der Waals surface area contributed by atoms with E-state index in [2.05, 4.69) is 26.5 Å². The third-order valence-electron chi connectivity index (χ3n) is 2.46. The standard InChI is InChI=1S/C14H12BrClN2/c1-10(11-5-4-6-12(15)9-11)17-18-14-8-3-2-7-13(14)16/h2-9,18H,1H3. The Labute approximate surface area is 120 Å². The highest BCUT2D eigenvalue weighted by Crippen LogP contribution is 2.20. The van der Waals surface area contributed by atoms with E-state index in [4.69, 9.17) is 11.6 Å². The lowest BCUT2D eigenvalue weighted by Gasteiger charge is -2.05. The third kappa shape index (κ3) is 3.34. The summed E-state index contributed by atoms with van der Waals surface area (Å²) >= 11 is 9.48. The minimum atomic E-state index is 0.656. The van der Waals surface area contributed by atoms with E-state index in [0.717, 1.165) is 21.4 Å². The van der Waals surface area contributed by atoms with Gasteiger partial charge in [0, 0.05) is 4.47 Å². The maximum absolute atomic E-state index is 6.04. The van der Waals surface area contributed by atoms with Gasteiger partial charge in [0.15, 0.2) is 0 Å². The van der Waals surface area contributed by atoms with E-state index in [1.54, 1.807) is 0 Å². The Hall–Kier alpha value is -1.32. The van der Waals surface area contributed by atoms with Crippen molar-refractivity contribution in [2.45, 2.75) is 6.92 Å². The summed E-state index contributed by atoms with van der Waals surface area (Å²) in [5.41, 5.74) is 5.73. The molecule has 0 saturated heterocycles. The largest absolute Gasteiger partial charge is 0.277 e. The minimum Gasteiger partial charge on any atom is -0.277 e. The van der Waals surface area contributed by atoms with Crippen molar-refractivity contribution in [3.63, 3.8) is 0 Å². The predicted octanol–water partition coefficient (Wildman–Crippen LogP) is 4.94. The first-order chi connectivity index (χ1) is 8.66. The van der Waals surface area contributed by atoms with Crippen LogP contribution in [0.25, 0.3) is 0 Å². The zero-order valence-corrected chi connectivity index (χ0v) is 12.2. The first kappa shape index (κ1) is 13.1. The van der Waals surface area contributed by atoms with Gasteiger partial charge in [0.05, 0.1) is 16.4 Å². The summed E-state index contributed by atoms with van der Waals surface area (Å²) in [7, 11) is 0. The zero-order chi connectivity index (χ0) is 13.0. The minimum absolute atomic E-state index is 0.656. The number of hydrogen-bond donors (Lipinski definition) is 1.